The second-order valence-electron chi connectivity index (χ2n) is 6.27. The van der Waals surface area contributed by atoms with Crippen molar-refractivity contribution in [2.75, 3.05) is 6.61 Å². The number of halogens is 2. The third-order valence-electron chi connectivity index (χ3n) is 4.83. The van der Waals surface area contributed by atoms with Gasteiger partial charge in [-0.1, -0.05) is 30.9 Å². The Morgan fingerprint density at radius 3 is 2.76 bits per heavy atom. The molecule has 1 aromatic carbocycles. The molecule has 0 radical (unpaired) electrons. The number of carbonyl (C=O) groups excluding carboxylic acids is 1. The maximum absolute atomic E-state index is 13.1. The normalized spacial score (nSPS) is 25.0. The fraction of sp³-hybridized carbons (Fsp3) is 0.588. The van der Waals surface area contributed by atoms with Crippen molar-refractivity contribution in [2.24, 2.45) is 5.92 Å². The van der Waals surface area contributed by atoms with Crippen LogP contribution >= 0.6 is 11.6 Å². The van der Waals surface area contributed by atoms with Crippen molar-refractivity contribution in [2.45, 2.75) is 50.5 Å². The van der Waals surface area contributed by atoms with Gasteiger partial charge in [-0.05, 0) is 43.9 Å². The second kappa shape index (κ2) is 6.05. The van der Waals surface area contributed by atoms with Crippen molar-refractivity contribution in [1.82, 2.24) is 0 Å². The van der Waals surface area contributed by atoms with Gasteiger partial charge in [-0.2, -0.15) is 0 Å². The van der Waals surface area contributed by atoms with Crippen LogP contribution in [0.1, 0.15) is 55.3 Å². The average molecular weight is 311 g/mol. The van der Waals surface area contributed by atoms with Gasteiger partial charge >= 0.3 is 0 Å². The molecule has 0 amide bonds. The molecule has 1 unspecified atom stereocenters. The van der Waals surface area contributed by atoms with Crippen molar-refractivity contribution >= 4 is 17.4 Å². The molecule has 21 heavy (non-hydrogen) atoms. The highest BCUT2D eigenvalue weighted by atomic mass is 35.5. The van der Waals surface area contributed by atoms with Crippen LogP contribution in [0.15, 0.2) is 18.2 Å². The number of ether oxygens (including phenoxy) is 1. The van der Waals surface area contributed by atoms with Crippen molar-refractivity contribution in [3.63, 3.8) is 0 Å². The van der Waals surface area contributed by atoms with Gasteiger partial charge in [0.05, 0.1) is 10.6 Å². The summed E-state index contributed by atoms with van der Waals surface area (Å²) in [4.78, 5) is 12.7. The monoisotopic (exact) mass is 310 g/mol. The molecule has 1 aliphatic heterocycles. The van der Waals surface area contributed by atoms with Crippen LogP contribution in [0.5, 0.6) is 0 Å². The van der Waals surface area contributed by atoms with Gasteiger partial charge in [-0.25, -0.2) is 4.39 Å². The van der Waals surface area contributed by atoms with Gasteiger partial charge in [0.25, 0.3) is 0 Å². The first-order valence-electron chi connectivity index (χ1n) is 7.73. The van der Waals surface area contributed by atoms with Gasteiger partial charge in [0, 0.05) is 18.1 Å². The molecule has 114 valence electrons. The summed E-state index contributed by atoms with van der Waals surface area (Å²) < 4.78 is 19.1. The summed E-state index contributed by atoms with van der Waals surface area (Å²) in [5.41, 5.74) is 0.333. The first kappa shape index (κ1) is 15.0. The molecule has 1 saturated heterocycles. The fourth-order valence-corrected chi connectivity index (χ4v) is 3.97. The van der Waals surface area contributed by atoms with Gasteiger partial charge in [0.2, 0.25) is 0 Å². The molecule has 1 spiro atoms. The predicted octanol–water partition coefficient (Wildman–Crippen LogP) is 4.79. The van der Waals surface area contributed by atoms with Crippen LogP contribution in [0.3, 0.4) is 0 Å². The van der Waals surface area contributed by atoms with Crippen molar-refractivity contribution < 1.29 is 13.9 Å². The van der Waals surface area contributed by atoms with E-state index in [4.69, 9.17) is 16.3 Å². The van der Waals surface area contributed by atoms with E-state index < -0.39 is 5.82 Å². The van der Waals surface area contributed by atoms with Gasteiger partial charge < -0.3 is 4.74 Å². The lowest BCUT2D eigenvalue weighted by Crippen LogP contribution is -2.43. The van der Waals surface area contributed by atoms with E-state index in [1.54, 1.807) is 0 Å². The Bertz CT molecular complexity index is 532. The summed E-state index contributed by atoms with van der Waals surface area (Å²) in [6.07, 6.45) is 7.22. The highest BCUT2D eigenvalue weighted by Gasteiger charge is 2.41. The van der Waals surface area contributed by atoms with E-state index in [9.17, 15) is 9.18 Å². The summed E-state index contributed by atoms with van der Waals surface area (Å²) in [6.45, 7) is 0.634. The van der Waals surface area contributed by atoms with Gasteiger partial charge in [-0.3, -0.25) is 4.79 Å². The Labute approximate surface area is 129 Å². The molecule has 0 aromatic heterocycles. The molecule has 1 heterocycles. The predicted molar refractivity (Wildman–Crippen MR) is 80.2 cm³/mol. The van der Waals surface area contributed by atoms with E-state index in [1.807, 2.05) is 0 Å². The zero-order valence-electron chi connectivity index (χ0n) is 12.0. The van der Waals surface area contributed by atoms with Crippen LogP contribution in [0.25, 0.3) is 0 Å². The molecule has 1 saturated carbocycles. The lowest BCUT2D eigenvalue weighted by atomic mass is 9.74. The zero-order valence-corrected chi connectivity index (χ0v) is 12.8. The quantitative estimate of drug-likeness (QED) is 0.734. The number of ketones is 1. The molecule has 0 bridgehead atoms. The summed E-state index contributed by atoms with van der Waals surface area (Å²) in [6, 6.07) is 4.02. The molecule has 0 N–H and O–H groups in total. The third-order valence-corrected chi connectivity index (χ3v) is 5.14. The van der Waals surface area contributed by atoms with Gasteiger partial charge in [-0.15, -0.1) is 0 Å². The van der Waals surface area contributed by atoms with Crippen LogP contribution in [-0.2, 0) is 4.74 Å². The topological polar surface area (TPSA) is 26.3 Å². The Morgan fingerprint density at radius 2 is 2.05 bits per heavy atom. The van der Waals surface area contributed by atoms with Crippen LogP contribution < -0.4 is 0 Å². The highest BCUT2D eigenvalue weighted by molar-refractivity contribution is 6.34. The highest BCUT2D eigenvalue weighted by Crippen LogP contribution is 2.41. The Hall–Kier alpha value is -0.930. The molecule has 4 heteroatoms. The van der Waals surface area contributed by atoms with Crippen LogP contribution in [0.4, 0.5) is 4.39 Å². The SMILES string of the molecule is O=C(c1ccc(F)cc1Cl)C1CCOC2(CCCCC2)C1. The van der Waals surface area contributed by atoms with E-state index in [2.05, 4.69) is 0 Å². The van der Waals surface area contributed by atoms with Crippen LogP contribution in [-0.4, -0.2) is 18.0 Å². The number of rotatable bonds is 2. The van der Waals surface area contributed by atoms with E-state index in [0.717, 1.165) is 25.7 Å². The smallest absolute Gasteiger partial charge is 0.167 e. The average Bonchev–Trinajstić information content (AvgIpc) is 2.47. The molecule has 1 atom stereocenters. The van der Waals surface area contributed by atoms with E-state index >= 15 is 0 Å². The summed E-state index contributed by atoms with van der Waals surface area (Å²) >= 11 is 6.03. The number of carbonyl (C=O) groups is 1. The van der Waals surface area contributed by atoms with Gasteiger partial charge in [0.15, 0.2) is 5.78 Å². The molecule has 3 rings (SSSR count). The first-order valence-corrected chi connectivity index (χ1v) is 8.11. The minimum absolute atomic E-state index is 0.0354. The Balaban J connectivity index is 1.77. The minimum Gasteiger partial charge on any atom is -0.375 e. The molecular weight excluding hydrogens is 291 g/mol. The van der Waals surface area contributed by atoms with E-state index in [1.165, 1.54) is 37.5 Å². The Morgan fingerprint density at radius 1 is 1.29 bits per heavy atom. The zero-order chi connectivity index (χ0) is 14.9. The molecule has 2 aliphatic rings. The largest absolute Gasteiger partial charge is 0.375 e. The van der Waals surface area contributed by atoms with Crippen molar-refractivity contribution in [3.05, 3.63) is 34.6 Å². The fourth-order valence-electron chi connectivity index (χ4n) is 3.71. The van der Waals surface area contributed by atoms with Crippen molar-refractivity contribution in [1.29, 1.82) is 0 Å². The molecule has 1 aromatic rings. The lowest BCUT2D eigenvalue weighted by Gasteiger charge is -2.43. The Kier molecular flexibility index (Phi) is 4.32. The standard InChI is InChI=1S/C17H20ClFO2/c18-15-10-13(19)4-5-14(15)16(20)12-6-9-21-17(11-12)7-2-1-3-8-17/h4-5,10,12H,1-3,6-9,11H2. The first-order chi connectivity index (χ1) is 10.1. The second-order valence-corrected chi connectivity index (χ2v) is 6.68. The number of hydrogen-bond acceptors (Lipinski definition) is 2. The molecule has 1 aliphatic carbocycles. The summed E-state index contributed by atoms with van der Waals surface area (Å²) in [5, 5.41) is 0.212. The van der Waals surface area contributed by atoms with Crippen LogP contribution in [0, 0.1) is 11.7 Å². The van der Waals surface area contributed by atoms with Crippen molar-refractivity contribution in [3.8, 4) is 0 Å². The number of hydrogen-bond donors (Lipinski definition) is 0. The minimum atomic E-state index is -0.410. The number of benzene rings is 1. The summed E-state index contributed by atoms with van der Waals surface area (Å²) in [5.74, 6) is -0.430. The summed E-state index contributed by atoms with van der Waals surface area (Å²) in [7, 11) is 0. The van der Waals surface area contributed by atoms with E-state index in [-0.39, 0.29) is 22.3 Å². The lowest BCUT2D eigenvalue weighted by molar-refractivity contribution is -0.111. The third kappa shape index (κ3) is 3.14. The number of Topliss-reactive ketones (excluding diaryl/α,β-unsaturated/α-hetero) is 1. The van der Waals surface area contributed by atoms with Gasteiger partial charge in [0.1, 0.15) is 5.82 Å². The van der Waals surface area contributed by atoms with E-state index in [0.29, 0.717) is 12.2 Å². The molecule has 2 nitrogen and oxygen atoms in total. The maximum atomic E-state index is 13.1. The maximum Gasteiger partial charge on any atom is 0.167 e. The van der Waals surface area contributed by atoms with Crippen LogP contribution in [0.2, 0.25) is 5.02 Å². The molecule has 2 fully saturated rings. The molecular formula is C17H20ClFO2.